The van der Waals surface area contributed by atoms with E-state index in [2.05, 4.69) is 35.1 Å². The van der Waals surface area contributed by atoms with E-state index in [-0.39, 0.29) is 0 Å². The molecule has 0 unspecified atom stereocenters. The molecule has 0 N–H and O–H groups in total. The van der Waals surface area contributed by atoms with E-state index in [1.54, 1.807) is 0 Å². The molecular weight excluding hydrogens is 258 g/mol. The van der Waals surface area contributed by atoms with Gasteiger partial charge in [-0.15, -0.1) is 0 Å². The molecule has 116 valence electrons. The summed E-state index contributed by atoms with van der Waals surface area (Å²) >= 11 is 0. The van der Waals surface area contributed by atoms with E-state index < -0.39 is 0 Å². The van der Waals surface area contributed by atoms with Gasteiger partial charge in [0, 0.05) is 25.3 Å². The largest absolute Gasteiger partial charge is 0.357 e. The fourth-order valence-electron chi connectivity index (χ4n) is 3.83. The smallest absolute Gasteiger partial charge is 0.128 e. The minimum Gasteiger partial charge on any atom is -0.357 e. The van der Waals surface area contributed by atoms with Crippen LogP contribution in [0, 0.1) is 0 Å². The van der Waals surface area contributed by atoms with E-state index in [9.17, 15) is 0 Å². The molecule has 1 atom stereocenters. The van der Waals surface area contributed by atoms with Gasteiger partial charge in [0.1, 0.15) is 5.82 Å². The Labute approximate surface area is 129 Å². The van der Waals surface area contributed by atoms with Crippen molar-refractivity contribution >= 4 is 5.82 Å². The Morgan fingerprint density at radius 3 is 2.43 bits per heavy atom. The molecule has 0 radical (unpaired) electrons. The topological polar surface area (TPSA) is 19.4 Å². The van der Waals surface area contributed by atoms with E-state index in [4.69, 9.17) is 4.98 Å². The SMILES string of the molecule is CCN1CCCC[C@H]1c1ccc(N2CCCCCC2)nc1. The molecule has 3 rings (SSSR count). The van der Waals surface area contributed by atoms with Gasteiger partial charge in [0.05, 0.1) is 0 Å². The number of hydrogen-bond acceptors (Lipinski definition) is 3. The molecule has 2 aliphatic rings. The van der Waals surface area contributed by atoms with Crippen LogP contribution in [0.5, 0.6) is 0 Å². The predicted octanol–water partition coefficient (Wildman–Crippen LogP) is 4.01. The van der Waals surface area contributed by atoms with Gasteiger partial charge in [0.25, 0.3) is 0 Å². The highest BCUT2D eigenvalue weighted by atomic mass is 15.2. The zero-order valence-corrected chi connectivity index (χ0v) is 13.4. The molecular formula is C18H29N3. The Hall–Kier alpha value is -1.09. The summed E-state index contributed by atoms with van der Waals surface area (Å²) in [4.78, 5) is 9.86. The number of nitrogens with zero attached hydrogens (tertiary/aromatic N) is 3. The second kappa shape index (κ2) is 7.26. The third kappa shape index (κ3) is 3.57. The van der Waals surface area contributed by atoms with Gasteiger partial charge in [-0.25, -0.2) is 4.98 Å². The normalized spacial score (nSPS) is 24.8. The summed E-state index contributed by atoms with van der Waals surface area (Å²) in [6.45, 7) is 7.03. The third-order valence-corrected chi connectivity index (χ3v) is 5.11. The van der Waals surface area contributed by atoms with Crippen molar-refractivity contribution in [3.05, 3.63) is 23.9 Å². The third-order valence-electron chi connectivity index (χ3n) is 5.11. The molecule has 1 aromatic rings. The minimum absolute atomic E-state index is 0.592. The lowest BCUT2D eigenvalue weighted by Crippen LogP contribution is -2.33. The monoisotopic (exact) mass is 287 g/mol. The molecule has 0 aliphatic carbocycles. The summed E-state index contributed by atoms with van der Waals surface area (Å²) in [6.07, 6.45) is 11.5. The highest BCUT2D eigenvalue weighted by Gasteiger charge is 2.23. The molecule has 3 heteroatoms. The van der Waals surface area contributed by atoms with Crippen LogP contribution in [0.15, 0.2) is 18.3 Å². The second-order valence-electron chi connectivity index (χ2n) is 6.49. The Morgan fingerprint density at radius 1 is 1.00 bits per heavy atom. The highest BCUT2D eigenvalue weighted by Crippen LogP contribution is 2.31. The standard InChI is InChI=1S/C18H29N3/c1-2-20-12-8-5-9-17(20)16-10-11-18(19-15-16)21-13-6-3-4-7-14-21/h10-11,15,17H,2-9,12-14H2,1H3/t17-/m0/s1. The zero-order valence-electron chi connectivity index (χ0n) is 13.4. The lowest BCUT2D eigenvalue weighted by atomic mass is 9.96. The molecule has 0 aromatic carbocycles. The van der Waals surface area contributed by atoms with Crippen LogP contribution in [-0.2, 0) is 0 Å². The first-order valence-corrected chi connectivity index (χ1v) is 8.83. The van der Waals surface area contributed by atoms with Crippen LogP contribution < -0.4 is 4.90 Å². The molecule has 0 amide bonds. The number of pyridine rings is 1. The number of likely N-dealkylation sites (tertiary alicyclic amines) is 1. The minimum atomic E-state index is 0.592. The van der Waals surface area contributed by atoms with Crippen molar-refractivity contribution in [1.82, 2.24) is 9.88 Å². The van der Waals surface area contributed by atoms with Gasteiger partial charge < -0.3 is 4.90 Å². The zero-order chi connectivity index (χ0) is 14.5. The molecule has 2 saturated heterocycles. The highest BCUT2D eigenvalue weighted by molar-refractivity contribution is 5.40. The van der Waals surface area contributed by atoms with Crippen LogP contribution in [0.4, 0.5) is 5.82 Å². The summed E-state index contributed by atoms with van der Waals surface area (Å²) in [5.41, 5.74) is 1.41. The lowest BCUT2D eigenvalue weighted by Gasteiger charge is -2.35. The molecule has 1 aromatic heterocycles. The first-order chi connectivity index (χ1) is 10.4. The Balaban J connectivity index is 1.70. The number of rotatable bonds is 3. The molecule has 0 saturated carbocycles. The maximum absolute atomic E-state index is 4.79. The van der Waals surface area contributed by atoms with Gasteiger partial charge in [-0.05, 0) is 50.4 Å². The molecule has 0 spiro atoms. The van der Waals surface area contributed by atoms with Crippen molar-refractivity contribution in [1.29, 1.82) is 0 Å². The van der Waals surface area contributed by atoms with E-state index in [1.807, 2.05) is 0 Å². The first kappa shape index (κ1) is 14.8. The predicted molar refractivity (Wildman–Crippen MR) is 88.8 cm³/mol. The van der Waals surface area contributed by atoms with E-state index in [1.165, 1.54) is 76.0 Å². The summed E-state index contributed by atoms with van der Waals surface area (Å²) in [7, 11) is 0. The van der Waals surface area contributed by atoms with Gasteiger partial charge in [-0.1, -0.05) is 32.3 Å². The number of piperidine rings is 1. The Kier molecular flexibility index (Phi) is 5.13. The van der Waals surface area contributed by atoms with Crippen LogP contribution in [-0.4, -0.2) is 36.1 Å². The quantitative estimate of drug-likeness (QED) is 0.837. The van der Waals surface area contributed by atoms with Gasteiger partial charge in [0.2, 0.25) is 0 Å². The van der Waals surface area contributed by atoms with Crippen molar-refractivity contribution in [2.75, 3.05) is 31.1 Å². The average molecular weight is 287 g/mol. The van der Waals surface area contributed by atoms with Crippen molar-refractivity contribution in [3.8, 4) is 0 Å². The van der Waals surface area contributed by atoms with Crippen molar-refractivity contribution in [2.45, 2.75) is 57.9 Å². The molecule has 2 fully saturated rings. The number of anilines is 1. The number of hydrogen-bond donors (Lipinski definition) is 0. The maximum atomic E-state index is 4.79. The molecule has 3 nitrogen and oxygen atoms in total. The van der Waals surface area contributed by atoms with Crippen molar-refractivity contribution in [2.24, 2.45) is 0 Å². The van der Waals surface area contributed by atoms with Gasteiger partial charge in [-0.2, -0.15) is 0 Å². The Bertz CT molecular complexity index is 421. The fourth-order valence-corrected chi connectivity index (χ4v) is 3.83. The molecule has 21 heavy (non-hydrogen) atoms. The first-order valence-electron chi connectivity index (χ1n) is 8.83. The molecule has 3 heterocycles. The summed E-state index contributed by atoms with van der Waals surface area (Å²) in [5.74, 6) is 1.18. The fraction of sp³-hybridized carbons (Fsp3) is 0.722. The number of aromatic nitrogens is 1. The summed E-state index contributed by atoms with van der Waals surface area (Å²) in [5, 5.41) is 0. The second-order valence-corrected chi connectivity index (χ2v) is 6.49. The van der Waals surface area contributed by atoms with E-state index in [0.29, 0.717) is 6.04 Å². The van der Waals surface area contributed by atoms with E-state index in [0.717, 1.165) is 6.54 Å². The van der Waals surface area contributed by atoms with Crippen LogP contribution in [0.1, 0.15) is 63.5 Å². The van der Waals surface area contributed by atoms with Crippen LogP contribution in [0.3, 0.4) is 0 Å². The van der Waals surface area contributed by atoms with Gasteiger partial charge in [0.15, 0.2) is 0 Å². The van der Waals surface area contributed by atoms with Gasteiger partial charge in [-0.3, -0.25) is 4.90 Å². The molecule has 2 aliphatic heterocycles. The molecule has 0 bridgehead atoms. The van der Waals surface area contributed by atoms with Crippen LogP contribution >= 0.6 is 0 Å². The van der Waals surface area contributed by atoms with Crippen LogP contribution in [0.2, 0.25) is 0 Å². The average Bonchev–Trinajstić information content (AvgIpc) is 2.84. The summed E-state index contributed by atoms with van der Waals surface area (Å²) < 4.78 is 0. The lowest BCUT2D eigenvalue weighted by molar-refractivity contribution is 0.157. The Morgan fingerprint density at radius 2 is 1.76 bits per heavy atom. The van der Waals surface area contributed by atoms with Crippen LogP contribution in [0.25, 0.3) is 0 Å². The maximum Gasteiger partial charge on any atom is 0.128 e. The summed E-state index contributed by atoms with van der Waals surface area (Å²) in [6, 6.07) is 5.17. The van der Waals surface area contributed by atoms with Crippen molar-refractivity contribution in [3.63, 3.8) is 0 Å². The van der Waals surface area contributed by atoms with E-state index >= 15 is 0 Å². The van der Waals surface area contributed by atoms with Crippen molar-refractivity contribution < 1.29 is 0 Å². The van der Waals surface area contributed by atoms with Gasteiger partial charge >= 0.3 is 0 Å².